The van der Waals surface area contributed by atoms with Gasteiger partial charge in [0.25, 0.3) is 11.6 Å². The summed E-state index contributed by atoms with van der Waals surface area (Å²) >= 11 is 0. The molecule has 0 spiro atoms. The van der Waals surface area contributed by atoms with E-state index in [-0.39, 0.29) is 12.3 Å². The average Bonchev–Trinajstić information content (AvgIpc) is 3.15. The molecular formula is C20H17N3O5. The third kappa shape index (κ3) is 5.04. The predicted molar refractivity (Wildman–Crippen MR) is 103 cm³/mol. The number of hydrogen-bond acceptors (Lipinski definition) is 6. The number of amides is 1. The van der Waals surface area contributed by atoms with Gasteiger partial charge in [-0.25, -0.2) is 5.43 Å². The van der Waals surface area contributed by atoms with Gasteiger partial charge in [0.05, 0.1) is 11.1 Å². The van der Waals surface area contributed by atoms with E-state index < -0.39 is 10.8 Å². The first-order valence-electron chi connectivity index (χ1n) is 8.37. The van der Waals surface area contributed by atoms with Crippen LogP contribution in [-0.2, 0) is 4.79 Å². The average molecular weight is 379 g/mol. The Bertz CT molecular complexity index is 1030. The van der Waals surface area contributed by atoms with Crippen molar-refractivity contribution in [3.8, 4) is 17.1 Å². The molecule has 0 saturated heterocycles. The summed E-state index contributed by atoms with van der Waals surface area (Å²) in [6.07, 6.45) is 1.34. The van der Waals surface area contributed by atoms with Crippen molar-refractivity contribution in [2.75, 3.05) is 6.61 Å². The van der Waals surface area contributed by atoms with E-state index in [1.807, 2.05) is 25.1 Å². The van der Waals surface area contributed by atoms with E-state index in [2.05, 4.69) is 10.5 Å². The number of hydrazone groups is 1. The Kier molecular flexibility index (Phi) is 5.81. The summed E-state index contributed by atoms with van der Waals surface area (Å²) in [6, 6.07) is 16.8. The number of nitrogens with one attached hydrogen (secondary N) is 1. The topological polar surface area (TPSA) is 107 Å². The number of hydrogen-bond donors (Lipinski definition) is 1. The molecule has 1 N–H and O–H groups in total. The third-order valence-electron chi connectivity index (χ3n) is 3.71. The Morgan fingerprint density at radius 2 is 2.04 bits per heavy atom. The van der Waals surface area contributed by atoms with Gasteiger partial charge in [-0.1, -0.05) is 24.3 Å². The van der Waals surface area contributed by atoms with Gasteiger partial charge in [0.15, 0.2) is 6.61 Å². The molecule has 1 aromatic heterocycles. The lowest BCUT2D eigenvalue weighted by atomic mass is 10.1. The number of non-ortho nitro benzene ring substituents is 1. The molecule has 1 amide bonds. The van der Waals surface area contributed by atoms with Crippen molar-refractivity contribution < 1.29 is 18.9 Å². The maximum absolute atomic E-state index is 11.8. The van der Waals surface area contributed by atoms with E-state index in [9.17, 15) is 14.9 Å². The van der Waals surface area contributed by atoms with Crippen LogP contribution in [0.5, 0.6) is 5.75 Å². The highest BCUT2D eigenvalue weighted by Gasteiger charge is 2.10. The lowest BCUT2D eigenvalue weighted by molar-refractivity contribution is -0.384. The number of benzene rings is 2. The Morgan fingerprint density at radius 1 is 1.21 bits per heavy atom. The van der Waals surface area contributed by atoms with Crippen LogP contribution < -0.4 is 10.2 Å². The number of furan rings is 1. The third-order valence-corrected chi connectivity index (χ3v) is 3.71. The van der Waals surface area contributed by atoms with Gasteiger partial charge >= 0.3 is 0 Å². The highest BCUT2D eigenvalue weighted by molar-refractivity contribution is 5.81. The zero-order valence-corrected chi connectivity index (χ0v) is 15.0. The van der Waals surface area contributed by atoms with Crippen molar-refractivity contribution in [2.45, 2.75) is 6.92 Å². The summed E-state index contributed by atoms with van der Waals surface area (Å²) < 4.78 is 11.0. The molecular weight excluding hydrogens is 362 g/mol. The molecule has 0 radical (unpaired) electrons. The number of aryl methyl sites for hydroxylation is 1. The molecule has 28 heavy (non-hydrogen) atoms. The first-order chi connectivity index (χ1) is 13.5. The van der Waals surface area contributed by atoms with Gasteiger partial charge < -0.3 is 9.15 Å². The molecule has 3 aromatic rings. The van der Waals surface area contributed by atoms with Gasteiger partial charge in [-0.05, 0) is 36.8 Å². The largest absolute Gasteiger partial charge is 0.484 e. The fourth-order valence-electron chi connectivity index (χ4n) is 2.40. The Labute approximate surface area is 160 Å². The molecule has 0 unspecified atom stereocenters. The fraction of sp³-hybridized carbons (Fsp3) is 0.100. The van der Waals surface area contributed by atoms with E-state index in [0.29, 0.717) is 22.8 Å². The van der Waals surface area contributed by atoms with Gasteiger partial charge in [-0.15, -0.1) is 0 Å². The lowest BCUT2D eigenvalue weighted by Gasteiger charge is -2.05. The number of carbonyl (C=O) groups is 1. The zero-order chi connectivity index (χ0) is 19.9. The molecule has 1 heterocycles. The molecule has 0 aliphatic heterocycles. The minimum Gasteiger partial charge on any atom is -0.484 e. The summed E-state index contributed by atoms with van der Waals surface area (Å²) in [6.45, 7) is 1.76. The molecule has 0 aliphatic rings. The predicted octanol–water partition coefficient (Wildman–Crippen LogP) is 3.69. The summed E-state index contributed by atoms with van der Waals surface area (Å²) in [5.74, 6) is 1.04. The normalized spacial score (nSPS) is 10.8. The van der Waals surface area contributed by atoms with Crippen LogP contribution in [0.15, 0.2) is 70.2 Å². The standard InChI is InChI=1S/C20H17N3O5/c1-14-4-2-7-17(10-14)27-13-20(24)22-21-12-18-8-9-19(28-18)15-5-3-6-16(11-15)23(25)26/h2-12H,13H2,1H3,(H,22,24)/b21-12+. The summed E-state index contributed by atoms with van der Waals surface area (Å²) in [7, 11) is 0. The minimum absolute atomic E-state index is 0.0232. The molecule has 2 aromatic carbocycles. The van der Waals surface area contributed by atoms with Gasteiger partial charge in [0, 0.05) is 17.7 Å². The summed E-state index contributed by atoms with van der Waals surface area (Å²) in [5.41, 5.74) is 3.93. The Hall–Kier alpha value is -3.94. The van der Waals surface area contributed by atoms with E-state index in [1.54, 1.807) is 30.3 Å². The van der Waals surface area contributed by atoms with E-state index in [1.165, 1.54) is 18.3 Å². The maximum atomic E-state index is 11.8. The van der Waals surface area contributed by atoms with Gasteiger partial charge in [0.2, 0.25) is 0 Å². The van der Waals surface area contributed by atoms with Crippen molar-refractivity contribution in [2.24, 2.45) is 5.10 Å². The molecule has 0 atom stereocenters. The number of nitrogens with zero attached hydrogens (tertiary/aromatic N) is 2. The Morgan fingerprint density at radius 3 is 2.82 bits per heavy atom. The first-order valence-corrected chi connectivity index (χ1v) is 8.37. The zero-order valence-electron chi connectivity index (χ0n) is 15.0. The SMILES string of the molecule is Cc1cccc(OCC(=O)N/N=C/c2ccc(-c3cccc([N+](=O)[O-])c3)o2)c1. The van der Waals surface area contributed by atoms with Crippen LogP contribution in [0.2, 0.25) is 0 Å². The van der Waals surface area contributed by atoms with Crippen LogP contribution in [-0.4, -0.2) is 23.7 Å². The van der Waals surface area contributed by atoms with Crippen LogP contribution in [0.1, 0.15) is 11.3 Å². The van der Waals surface area contributed by atoms with Crippen LogP contribution in [0.4, 0.5) is 5.69 Å². The van der Waals surface area contributed by atoms with E-state index >= 15 is 0 Å². The summed E-state index contributed by atoms with van der Waals surface area (Å²) in [5, 5.41) is 14.7. The van der Waals surface area contributed by atoms with Crippen molar-refractivity contribution in [3.63, 3.8) is 0 Å². The molecule has 0 aliphatic carbocycles. The van der Waals surface area contributed by atoms with Crippen LogP contribution in [0.3, 0.4) is 0 Å². The lowest BCUT2D eigenvalue weighted by Crippen LogP contribution is -2.24. The maximum Gasteiger partial charge on any atom is 0.277 e. The fourth-order valence-corrected chi connectivity index (χ4v) is 2.40. The van der Waals surface area contributed by atoms with Crippen LogP contribution >= 0.6 is 0 Å². The summed E-state index contributed by atoms with van der Waals surface area (Å²) in [4.78, 5) is 22.2. The second-order valence-corrected chi connectivity index (χ2v) is 5.91. The number of nitro benzene ring substituents is 1. The minimum atomic E-state index is -0.469. The van der Waals surface area contributed by atoms with Crippen molar-refractivity contribution in [1.29, 1.82) is 0 Å². The smallest absolute Gasteiger partial charge is 0.277 e. The molecule has 0 saturated carbocycles. The second-order valence-electron chi connectivity index (χ2n) is 5.91. The van der Waals surface area contributed by atoms with Crippen LogP contribution in [0, 0.1) is 17.0 Å². The van der Waals surface area contributed by atoms with E-state index in [0.717, 1.165) is 5.56 Å². The second kappa shape index (κ2) is 8.63. The molecule has 0 fully saturated rings. The first kappa shape index (κ1) is 18.8. The number of rotatable bonds is 7. The van der Waals surface area contributed by atoms with Crippen LogP contribution in [0.25, 0.3) is 11.3 Å². The van der Waals surface area contributed by atoms with Gasteiger partial charge in [-0.3, -0.25) is 14.9 Å². The van der Waals surface area contributed by atoms with Gasteiger partial charge in [0.1, 0.15) is 17.3 Å². The van der Waals surface area contributed by atoms with Crippen molar-refractivity contribution >= 4 is 17.8 Å². The molecule has 8 nitrogen and oxygen atoms in total. The van der Waals surface area contributed by atoms with E-state index in [4.69, 9.17) is 9.15 Å². The van der Waals surface area contributed by atoms with Gasteiger partial charge in [-0.2, -0.15) is 5.10 Å². The van der Waals surface area contributed by atoms with Crippen molar-refractivity contribution in [1.82, 2.24) is 5.43 Å². The molecule has 8 heteroatoms. The monoisotopic (exact) mass is 379 g/mol. The Balaban J connectivity index is 1.54. The molecule has 142 valence electrons. The quantitative estimate of drug-likeness (QED) is 0.383. The van der Waals surface area contributed by atoms with Crippen molar-refractivity contribution in [3.05, 3.63) is 82.1 Å². The molecule has 3 rings (SSSR count). The number of carbonyl (C=O) groups excluding carboxylic acids is 1. The number of nitro groups is 1. The number of ether oxygens (including phenoxy) is 1. The highest BCUT2D eigenvalue weighted by Crippen LogP contribution is 2.25. The molecule has 0 bridgehead atoms. The highest BCUT2D eigenvalue weighted by atomic mass is 16.6.